The monoisotopic (exact) mass is 369 g/mol. The molecule has 3 heterocycles. The molecule has 2 aromatic rings. The van der Waals surface area contributed by atoms with E-state index in [-0.39, 0.29) is 11.9 Å². The number of aromatic amines is 1. The highest BCUT2D eigenvalue weighted by atomic mass is 16.2. The number of likely N-dealkylation sites (tertiary alicyclic amines) is 1. The van der Waals surface area contributed by atoms with E-state index in [2.05, 4.69) is 25.5 Å². The normalized spacial score (nSPS) is 17.2. The number of carbonyl (C=O) groups is 1. The van der Waals surface area contributed by atoms with E-state index >= 15 is 0 Å². The third-order valence-electron chi connectivity index (χ3n) is 4.43. The van der Waals surface area contributed by atoms with Crippen LogP contribution >= 0.6 is 0 Å². The van der Waals surface area contributed by atoms with Crippen LogP contribution in [0.2, 0.25) is 0 Å². The lowest BCUT2D eigenvalue weighted by atomic mass is 10.1. The highest BCUT2D eigenvalue weighted by molar-refractivity contribution is 5.88. The van der Waals surface area contributed by atoms with Crippen molar-refractivity contribution >= 4 is 17.5 Å². The van der Waals surface area contributed by atoms with E-state index < -0.39 is 0 Å². The van der Waals surface area contributed by atoms with E-state index in [1.54, 1.807) is 6.08 Å². The lowest BCUT2D eigenvalue weighted by molar-refractivity contribution is -0.127. The number of aryl methyl sites for hydroxylation is 2. The Morgan fingerprint density at radius 3 is 2.85 bits per heavy atom. The molecule has 8 nitrogen and oxygen atoms in total. The molecule has 8 heteroatoms. The molecular weight excluding hydrogens is 342 g/mol. The Kier molecular flexibility index (Phi) is 5.85. The fraction of sp³-hybridized carbons (Fsp3) is 0.474. The van der Waals surface area contributed by atoms with Crippen molar-refractivity contribution < 1.29 is 4.79 Å². The first kappa shape index (κ1) is 19.0. The van der Waals surface area contributed by atoms with Crippen LogP contribution in [0, 0.1) is 13.8 Å². The predicted molar refractivity (Wildman–Crippen MR) is 105 cm³/mol. The number of anilines is 2. The van der Waals surface area contributed by atoms with Crippen LogP contribution in [0.3, 0.4) is 0 Å². The largest absolute Gasteiger partial charge is 0.331 e. The molecule has 1 saturated heterocycles. The Morgan fingerprint density at radius 2 is 2.15 bits per heavy atom. The summed E-state index contributed by atoms with van der Waals surface area (Å²) in [4.78, 5) is 25.6. The van der Waals surface area contributed by atoms with Gasteiger partial charge in [0, 0.05) is 37.0 Å². The van der Waals surface area contributed by atoms with Gasteiger partial charge < -0.3 is 15.1 Å². The van der Waals surface area contributed by atoms with E-state index in [1.807, 2.05) is 56.0 Å². The van der Waals surface area contributed by atoms with Crippen molar-refractivity contribution in [2.45, 2.75) is 32.7 Å². The molecular formula is C19H27N7O. The number of aromatic nitrogens is 4. The molecule has 0 aromatic carbocycles. The Balaban J connectivity index is 1.77. The number of likely N-dealkylation sites (N-methyl/N-ethyl adjacent to an activating group) is 1. The van der Waals surface area contributed by atoms with Gasteiger partial charge in [-0.25, -0.2) is 9.97 Å². The second-order valence-corrected chi connectivity index (χ2v) is 7.14. The number of nitrogens with one attached hydrogen (secondary N) is 2. The average Bonchev–Trinajstić information content (AvgIpc) is 3.23. The van der Waals surface area contributed by atoms with Crippen LogP contribution in [0.1, 0.15) is 36.1 Å². The Morgan fingerprint density at radius 1 is 1.33 bits per heavy atom. The molecule has 1 fully saturated rings. The van der Waals surface area contributed by atoms with E-state index in [0.29, 0.717) is 17.5 Å². The second-order valence-electron chi connectivity index (χ2n) is 7.14. The van der Waals surface area contributed by atoms with Crippen molar-refractivity contribution in [3.05, 3.63) is 41.5 Å². The van der Waals surface area contributed by atoms with E-state index in [9.17, 15) is 4.79 Å². The summed E-state index contributed by atoms with van der Waals surface area (Å²) in [5, 5.41) is 10.3. The topological polar surface area (TPSA) is 90.0 Å². The van der Waals surface area contributed by atoms with Gasteiger partial charge in [0.05, 0.1) is 11.7 Å². The zero-order valence-electron chi connectivity index (χ0n) is 16.4. The second kappa shape index (κ2) is 8.30. The van der Waals surface area contributed by atoms with Crippen LogP contribution in [0.25, 0.3) is 0 Å². The van der Waals surface area contributed by atoms with E-state index in [4.69, 9.17) is 0 Å². The first-order valence-corrected chi connectivity index (χ1v) is 9.19. The molecule has 0 aliphatic carbocycles. The maximum Gasteiger partial charge on any atom is 0.246 e. The molecule has 2 aromatic heterocycles. The number of H-pyrrole nitrogens is 1. The average molecular weight is 369 g/mol. The molecule has 144 valence electrons. The molecule has 0 bridgehead atoms. The minimum Gasteiger partial charge on any atom is -0.331 e. The molecule has 0 saturated carbocycles. The summed E-state index contributed by atoms with van der Waals surface area (Å²) in [6, 6.07) is 3.80. The summed E-state index contributed by atoms with van der Waals surface area (Å²) in [5.74, 6) is 2.10. The maximum atomic E-state index is 12.6. The van der Waals surface area contributed by atoms with Gasteiger partial charge in [-0.15, -0.1) is 0 Å². The minimum atomic E-state index is -0.0234. The van der Waals surface area contributed by atoms with Crippen LogP contribution in [0.4, 0.5) is 11.6 Å². The summed E-state index contributed by atoms with van der Waals surface area (Å²) >= 11 is 0. The van der Waals surface area contributed by atoms with Crippen molar-refractivity contribution in [3.8, 4) is 0 Å². The molecule has 1 aliphatic heterocycles. The van der Waals surface area contributed by atoms with Gasteiger partial charge in [-0.3, -0.25) is 9.89 Å². The van der Waals surface area contributed by atoms with Gasteiger partial charge in [0.2, 0.25) is 5.91 Å². The van der Waals surface area contributed by atoms with E-state index in [0.717, 1.165) is 37.3 Å². The predicted octanol–water partition coefficient (Wildman–Crippen LogP) is 2.34. The van der Waals surface area contributed by atoms with E-state index in [1.165, 1.54) is 0 Å². The van der Waals surface area contributed by atoms with Crippen molar-refractivity contribution in [2.24, 2.45) is 0 Å². The minimum absolute atomic E-state index is 0.0234. The van der Waals surface area contributed by atoms with Crippen LogP contribution in [0.15, 0.2) is 24.3 Å². The summed E-state index contributed by atoms with van der Waals surface area (Å²) in [5.41, 5.74) is 1.84. The highest BCUT2D eigenvalue weighted by Crippen LogP contribution is 2.32. The summed E-state index contributed by atoms with van der Waals surface area (Å²) in [6.45, 7) is 5.30. The van der Waals surface area contributed by atoms with Crippen LogP contribution in [-0.4, -0.2) is 63.1 Å². The van der Waals surface area contributed by atoms with Crippen LogP contribution in [-0.2, 0) is 4.79 Å². The molecule has 2 N–H and O–H groups in total. The van der Waals surface area contributed by atoms with Crippen LogP contribution in [0.5, 0.6) is 0 Å². The number of hydrogen-bond donors (Lipinski definition) is 2. The van der Waals surface area contributed by atoms with Gasteiger partial charge in [0.25, 0.3) is 0 Å². The Bertz CT molecular complexity index is 827. The standard InChI is InChI=1S/C19H27N7O/c1-13-11-18(24-23-13)22-17-12-15(20-14(2)21-17)16-7-5-10-26(16)19(27)8-6-9-25(3)4/h6,8,11-12,16H,5,7,9-10H2,1-4H3,(H2,20,21,22,23,24)/b8-6+. The summed E-state index contributed by atoms with van der Waals surface area (Å²) < 4.78 is 0. The number of hydrogen-bond acceptors (Lipinski definition) is 6. The van der Waals surface area contributed by atoms with Gasteiger partial charge in [0.1, 0.15) is 11.6 Å². The number of rotatable bonds is 6. The molecule has 27 heavy (non-hydrogen) atoms. The van der Waals surface area contributed by atoms with Gasteiger partial charge in [-0.1, -0.05) is 6.08 Å². The quantitative estimate of drug-likeness (QED) is 0.760. The number of amides is 1. The lowest BCUT2D eigenvalue weighted by Crippen LogP contribution is -2.30. The zero-order valence-corrected chi connectivity index (χ0v) is 16.4. The molecule has 3 rings (SSSR count). The van der Waals surface area contributed by atoms with Crippen molar-refractivity contribution in [1.29, 1.82) is 0 Å². The van der Waals surface area contributed by atoms with Gasteiger partial charge in [-0.2, -0.15) is 5.10 Å². The van der Waals surface area contributed by atoms with Crippen molar-refractivity contribution in [2.75, 3.05) is 32.5 Å². The SMILES string of the molecule is Cc1nc(Nc2cc(C)[nH]n2)cc(C2CCCN2C(=O)/C=C/CN(C)C)n1. The Labute approximate surface area is 159 Å². The third kappa shape index (κ3) is 4.91. The number of nitrogens with zero attached hydrogens (tertiary/aromatic N) is 5. The van der Waals surface area contributed by atoms with Gasteiger partial charge in [-0.05, 0) is 40.8 Å². The first-order chi connectivity index (χ1) is 12.9. The van der Waals surface area contributed by atoms with Gasteiger partial charge in [0.15, 0.2) is 5.82 Å². The molecule has 1 unspecified atom stereocenters. The Hall–Kier alpha value is -2.74. The third-order valence-corrected chi connectivity index (χ3v) is 4.43. The lowest BCUT2D eigenvalue weighted by Gasteiger charge is -2.23. The van der Waals surface area contributed by atoms with Gasteiger partial charge >= 0.3 is 0 Å². The molecule has 1 amide bonds. The fourth-order valence-corrected chi connectivity index (χ4v) is 3.24. The molecule has 1 atom stereocenters. The maximum absolute atomic E-state index is 12.6. The summed E-state index contributed by atoms with van der Waals surface area (Å²) in [7, 11) is 3.96. The fourth-order valence-electron chi connectivity index (χ4n) is 3.24. The van der Waals surface area contributed by atoms with Crippen LogP contribution < -0.4 is 5.32 Å². The molecule has 0 spiro atoms. The molecule has 0 radical (unpaired) electrons. The highest BCUT2D eigenvalue weighted by Gasteiger charge is 2.30. The van der Waals surface area contributed by atoms with Crippen molar-refractivity contribution in [3.63, 3.8) is 0 Å². The van der Waals surface area contributed by atoms with Crippen molar-refractivity contribution in [1.82, 2.24) is 30.0 Å². The molecule has 1 aliphatic rings. The summed E-state index contributed by atoms with van der Waals surface area (Å²) in [6.07, 6.45) is 5.45. The smallest absolute Gasteiger partial charge is 0.246 e. The zero-order chi connectivity index (χ0) is 19.4. The number of carbonyl (C=O) groups excluding carboxylic acids is 1. The first-order valence-electron chi connectivity index (χ1n) is 9.19.